The Hall–Kier alpha value is 0.0600. The van der Waals surface area contributed by atoms with E-state index in [0.717, 1.165) is 24.4 Å². The maximum Gasteiger partial charge on any atom is 0.0701 e. The zero-order valence-electron chi connectivity index (χ0n) is 11.3. The van der Waals surface area contributed by atoms with Crippen LogP contribution in [0.3, 0.4) is 0 Å². The summed E-state index contributed by atoms with van der Waals surface area (Å²) in [5.74, 6) is 6.56. The molecular formula is C14H22BrN3S. The Morgan fingerprint density at radius 1 is 1.42 bits per heavy atom. The van der Waals surface area contributed by atoms with Crippen LogP contribution in [0.15, 0.2) is 15.9 Å². The molecule has 3 rings (SSSR count). The fourth-order valence-corrected chi connectivity index (χ4v) is 5.36. The lowest BCUT2D eigenvalue weighted by Crippen LogP contribution is -2.49. The lowest BCUT2D eigenvalue weighted by atomic mass is 9.84. The highest BCUT2D eigenvalue weighted by Crippen LogP contribution is 2.39. The van der Waals surface area contributed by atoms with Gasteiger partial charge in [-0.1, -0.05) is 0 Å². The van der Waals surface area contributed by atoms with Crippen LogP contribution in [0, 0.1) is 5.92 Å². The Balaban J connectivity index is 1.66. The van der Waals surface area contributed by atoms with Crippen molar-refractivity contribution in [1.29, 1.82) is 0 Å². The Kier molecular flexibility index (Phi) is 4.29. The van der Waals surface area contributed by atoms with E-state index in [-0.39, 0.29) is 0 Å². The van der Waals surface area contributed by atoms with Crippen LogP contribution in [0.25, 0.3) is 0 Å². The van der Waals surface area contributed by atoms with Crippen molar-refractivity contribution in [2.24, 2.45) is 11.8 Å². The molecule has 0 radical (unpaired) electrons. The van der Waals surface area contributed by atoms with E-state index in [1.165, 1.54) is 34.3 Å². The van der Waals surface area contributed by atoms with Gasteiger partial charge in [0.1, 0.15) is 0 Å². The van der Waals surface area contributed by atoms with Crippen LogP contribution in [-0.2, 0) is 6.42 Å². The van der Waals surface area contributed by atoms with Crippen molar-refractivity contribution >= 4 is 27.3 Å². The number of hydrazine groups is 1. The number of fused-ring (bicyclic) bond motifs is 2. The summed E-state index contributed by atoms with van der Waals surface area (Å²) in [5.41, 5.74) is 3.09. The summed E-state index contributed by atoms with van der Waals surface area (Å²) in [6, 6.07) is 6.33. The second-order valence-corrected chi connectivity index (χ2v) is 8.51. The zero-order valence-corrected chi connectivity index (χ0v) is 13.7. The summed E-state index contributed by atoms with van der Waals surface area (Å²) in [7, 11) is 2.29. The molecule has 3 N–H and O–H groups in total. The lowest BCUT2D eigenvalue weighted by Gasteiger charge is -2.39. The number of nitrogens with two attached hydrogens (primary N) is 1. The van der Waals surface area contributed by atoms with E-state index in [1.54, 1.807) is 0 Å². The molecule has 3 nitrogen and oxygen atoms in total. The number of piperidine rings is 1. The molecule has 0 aromatic carbocycles. The van der Waals surface area contributed by atoms with E-state index in [1.807, 2.05) is 11.3 Å². The Labute approximate surface area is 127 Å². The van der Waals surface area contributed by atoms with Crippen LogP contribution >= 0.6 is 27.3 Å². The molecule has 3 heterocycles. The van der Waals surface area contributed by atoms with Gasteiger partial charge in [-0.25, -0.2) is 0 Å². The average Bonchev–Trinajstić information content (AvgIpc) is 2.87. The highest BCUT2D eigenvalue weighted by atomic mass is 79.9. The maximum absolute atomic E-state index is 5.83. The van der Waals surface area contributed by atoms with Crippen LogP contribution in [0.4, 0.5) is 0 Å². The highest BCUT2D eigenvalue weighted by molar-refractivity contribution is 9.11. The molecule has 2 fully saturated rings. The van der Waals surface area contributed by atoms with Crippen molar-refractivity contribution in [3.63, 3.8) is 0 Å². The second kappa shape index (κ2) is 5.82. The zero-order chi connectivity index (χ0) is 13.4. The standard InChI is InChI=1S/C14H22BrN3S/c1-18-10-2-3-11(18)7-9(6-10)13(17-16)8-12-4-5-14(15)19-12/h4-5,9-11,13,17H,2-3,6-8,16H2,1H3. The van der Waals surface area contributed by atoms with Crippen molar-refractivity contribution in [2.75, 3.05) is 7.05 Å². The molecule has 1 aromatic rings. The Morgan fingerprint density at radius 2 is 2.11 bits per heavy atom. The SMILES string of the molecule is CN1C2CCC1CC(C(Cc1ccc(Br)s1)NN)C2. The van der Waals surface area contributed by atoms with Gasteiger partial charge in [-0.2, -0.15) is 0 Å². The molecule has 2 bridgehead atoms. The molecule has 3 unspecified atom stereocenters. The average molecular weight is 344 g/mol. The minimum atomic E-state index is 0.419. The van der Waals surface area contributed by atoms with Gasteiger partial charge in [-0.05, 0) is 73.1 Å². The molecule has 0 saturated carbocycles. The summed E-state index contributed by atoms with van der Waals surface area (Å²) in [4.78, 5) is 4.01. The number of nitrogens with one attached hydrogen (secondary N) is 1. The molecule has 0 aliphatic carbocycles. The first-order valence-corrected chi connectivity index (χ1v) is 8.70. The van der Waals surface area contributed by atoms with Gasteiger partial charge in [0.05, 0.1) is 3.79 Å². The predicted octanol–water partition coefficient (Wildman–Crippen LogP) is 2.76. The number of nitrogens with zero attached hydrogens (tertiary/aromatic N) is 1. The molecular weight excluding hydrogens is 322 g/mol. The van der Waals surface area contributed by atoms with Crippen molar-refractivity contribution < 1.29 is 0 Å². The third-order valence-electron chi connectivity index (χ3n) is 4.97. The fraction of sp³-hybridized carbons (Fsp3) is 0.714. The highest BCUT2D eigenvalue weighted by Gasteiger charge is 2.40. The summed E-state index contributed by atoms with van der Waals surface area (Å²) < 4.78 is 1.21. The van der Waals surface area contributed by atoms with Gasteiger partial charge in [0.25, 0.3) is 0 Å². The molecule has 5 heteroatoms. The third-order valence-corrected chi connectivity index (χ3v) is 6.61. The minimum Gasteiger partial charge on any atom is -0.300 e. The van der Waals surface area contributed by atoms with Crippen LogP contribution in [0.2, 0.25) is 0 Å². The summed E-state index contributed by atoms with van der Waals surface area (Å²) in [5, 5.41) is 0. The molecule has 2 aliphatic rings. The Bertz CT molecular complexity index is 422. The molecule has 1 aromatic heterocycles. The molecule has 2 aliphatic heterocycles. The van der Waals surface area contributed by atoms with Crippen LogP contribution in [0.1, 0.15) is 30.6 Å². The molecule has 106 valence electrons. The van der Waals surface area contributed by atoms with E-state index in [0.29, 0.717) is 6.04 Å². The van der Waals surface area contributed by atoms with E-state index in [4.69, 9.17) is 5.84 Å². The monoisotopic (exact) mass is 343 g/mol. The summed E-state index contributed by atoms with van der Waals surface area (Å²) in [6.45, 7) is 0. The van der Waals surface area contributed by atoms with Crippen molar-refractivity contribution in [2.45, 2.75) is 50.2 Å². The third kappa shape index (κ3) is 2.90. The smallest absolute Gasteiger partial charge is 0.0701 e. The van der Waals surface area contributed by atoms with Crippen molar-refractivity contribution in [3.8, 4) is 0 Å². The number of halogens is 1. The summed E-state index contributed by atoms with van der Waals surface area (Å²) >= 11 is 5.36. The Morgan fingerprint density at radius 3 is 2.63 bits per heavy atom. The number of thiophene rings is 1. The number of hydrogen-bond donors (Lipinski definition) is 2. The van der Waals surface area contributed by atoms with Gasteiger partial charge in [0.2, 0.25) is 0 Å². The predicted molar refractivity (Wildman–Crippen MR) is 84.1 cm³/mol. The molecule has 19 heavy (non-hydrogen) atoms. The van der Waals surface area contributed by atoms with E-state index >= 15 is 0 Å². The van der Waals surface area contributed by atoms with Gasteiger partial charge in [-0.15, -0.1) is 11.3 Å². The van der Waals surface area contributed by atoms with E-state index in [2.05, 4.69) is 45.4 Å². The van der Waals surface area contributed by atoms with Crippen LogP contribution in [-0.4, -0.2) is 30.1 Å². The van der Waals surface area contributed by atoms with Crippen molar-refractivity contribution in [3.05, 3.63) is 20.8 Å². The second-order valence-electron chi connectivity index (χ2n) is 5.97. The minimum absolute atomic E-state index is 0.419. The topological polar surface area (TPSA) is 41.3 Å². The number of rotatable bonds is 4. The molecule has 3 atom stereocenters. The van der Waals surface area contributed by atoms with Crippen LogP contribution < -0.4 is 11.3 Å². The van der Waals surface area contributed by atoms with Gasteiger partial charge < -0.3 is 4.90 Å². The molecule has 2 saturated heterocycles. The normalized spacial score (nSPS) is 32.7. The first-order valence-electron chi connectivity index (χ1n) is 7.09. The lowest BCUT2D eigenvalue weighted by molar-refractivity contribution is 0.112. The summed E-state index contributed by atoms with van der Waals surface area (Å²) in [6.07, 6.45) is 6.41. The van der Waals surface area contributed by atoms with Gasteiger partial charge in [-0.3, -0.25) is 11.3 Å². The molecule has 0 amide bonds. The quantitative estimate of drug-likeness (QED) is 0.652. The largest absolute Gasteiger partial charge is 0.300 e. The van der Waals surface area contributed by atoms with E-state index < -0.39 is 0 Å². The maximum atomic E-state index is 5.83. The van der Waals surface area contributed by atoms with Crippen molar-refractivity contribution in [1.82, 2.24) is 10.3 Å². The first-order chi connectivity index (χ1) is 9.17. The van der Waals surface area contributed by atoms with E-state index in [9.17, 15) is 0 Å². The molecule has 0 spiro atoms. The first kappa shape index (κ1) is 14.0. The van der Waals surface area contributed by atoms with Crippen LogP contribution in [0.5, 0.6) is 0 Å². The van der Waals surface area contributed by atoms with Gasteiger partial charge in [0.15, 0.2) is 0 Å². The van der Waals surface area contributed by atoms with Gasteiger partial charge >= 0.3 is 0 Å². The number of hydrogen-bond acceptors (Lipinski definition) is 4. The fourth-order valence-electron chi connectivity index (χ4n) is 3.82. The van der Waals surface area contributed by atoms with Gasteiger partial charge in [0, 0.05) is 23.0 Å².